The smallest absolute Gasteiger partial charge is 0.266 e. The van der Waals surface area contributed by atoms with Gasteiger partial charge >= 0.3 is 0 Å². The molecule has 1 atom stereocenters. The second kappa shape index (κ2) is 9.88. The number of amides is 1. The van der Waals surface area contributed by atoms with Crippen LogP contribution in [-0.2, 0) is 16.1 Å². The first-order valence-corrected chi connectivity index (χ1v) is 11.6. The van der Waals surface area contributed by atoms with Crippen LogP contribution in [0.1, 0.15) is 24.0 Å². The van der Waals surface area contributed by atoms with Crippen molar-refractivity contribution < 1.29 is 18.7 Å². The maximum atomic E-state index is 13.8. The summed E-state index contributed by atoms with van der Waals surface area (Å²) in [6.45, 7) is 1.18. The first-order chi connectivity index (χ1) is 14.9. The van der Waals surface area contributed by atoms with Crippen LogP contribution >= 0.6 is 47.2 Å². The average molecular weight is 498 g/mol. The lowest BCUT2D eigenvalue weighted by Crippen LogP contribution is -2.35. The molecule has 1 amide bonds. The minimum atomic E-state index is -0.364. The van der Waals surface area contributed by atoms with E-state index in [0.29, 0.717) is 26.9 Å². The molecule has 2 aliphatic heterocycles. The van der Waals surface area contributed by atoms with Gasteiger partial charge in [0.15, 0.2) is 5.75 Å². The Hall–Kier alpha value is -1.64. The zero-order chi connectivity index (χ0) is 22.0. The number of nitrogens with zero attached hydrogens (tertiary/aromatic N) is 1. The number of halogens is 3. The molecule has 0 radical (unpaired) electrons. The molecule has 0 spiro atoms. The summed E-state index contributed by atoms with van der Waals surface area (Å²) in [6.07, 6.45) is 3.65. The van der Waals surface area contributed by atoms with Crippen molar-refractivity contribution >= 4 is 63.5 Å². The number of carbonyl (C=O) groups excluding carboxylic acids is 1. The lowest BCUT2D eigenvalue weighted by Gasteiger charge is -2.18. The molecule has 2 aromatic rings. The fourth-order valence-corrected chi connectivity index (χ4v) is 5.25. The summed E-state index contributed by atoms with van der Waals surface area (Å²) in [7, 11) is 0. The third-order valence-corrected chi connectivity index (χ3v) is 6.87. The summed E-state index contributed by atoms with van der Waals surface area (Å²) in [5.74, 6) is -0.260. The summed E-state index contributed by atoms with van der Waals surface area (Å²) in [4.78, 5) is 14.9. The summed E-state index contributed by atoms with van der Waals surface area (Å²) in [6, 6.07) is 9.62. The zero-order valence-corrected chi connectivity index (χ0v) is 19.4. The molecule has 2 heterocycles. The number of thioether (sulfide) groups is 1. The van der Waals surface area contributed by atoms with E-state index in [2.05, 4.69) is 0 Å². The molecular formula is C22H18Cl2FNO3S2. The second-order valence-electron chi connectivity index (χ2n) is 7.12. The first-order valence-electron chi connectivity index (χ1n) is 9.64. The van der Waals surface area contributed by atoms with Gasteiger partial charge in [0.1, 0.15) is 16.7 Å². The van der Waals surface area contributed by atoms with Crippen LogP contribution in [0.15, 0.2) is 41.3 Å². The van der Waals surface area contributed by atoms with Gasteiger partial charge in [-0.3, -0.25) is 9.69 Å². The summed E-state index contributed by atoms with van der Waals surface area (Å²) in [5, 5.41) is 0.537. The average Bonchev–Trinajstić information content (AvgIpc) is 3.33. The monoisotopic (exact) mass is 497 g/mol. The normalized spacial score (nSPS) is 20.2. The number of carbonyl (C=O) groups is 1. The van der Waals surface area contributed by atoms with Crippen molar-refractivity contribution in [3.63, 3.8) is 0 Å². The number of thiocarbonyl (C=S) groups is 1. The van der Waals surface area contributed by atoms with E-state index in [1.807, 2.05) is 0 Å². The highest BCUT2D eigenvalue weighted by atomic mass is 35.5. The Labute approximate surface area is 199 Å². The van der Waals surface area contributed by atoms with Gasteiger partial charge in [-0.05, 0) is 42.7 Å². The lowest BCUT2D eigenvalue weighted by molar-refractivity contribution is -0.123. The maximum Gasteiger partial charge on any atom is 0.266 e. The van der Waals surface area contributed by atoms with Crippen molar-refractivity contribution in [2.45, 2.75) is 25.6 Å². The fourth-order valence-electron chi connectivity index (χ4n) is 3.37. The molecule has 4 nitrogen and oxygen atoms in total. The van der Waals surface area contributed by atoms with E-state index in [1.54, 1.807) is 41.3 Å². The first kappa shape index (κ1) is 22.6. The quantitative estimate of drug-likeness (QED) is 0.356. The Morgan fingerprint density at radius 3 is 2.71 bits per heavy atom. The van der Waals surface area contributed by atoms with Gasteiger partial charge in [0.05, 0.1) is 27.6 Å². The molecule has 9 heteroatoms. The van der Waals surface area contributed by atoms with E-state index < -0.39 is 0 Å². The van der Waals surface area contributed by atoms with Crippen LogP contribution in [0.4, 0.5) is 4.39 Å². The molecular weight excluding hydrogens is 480 g/mol. The summed E-state index contributed by atoms with van der Waals surface area (Å²) in [5.41, 5.74) is 1.04. The minimum Gasteiger partial charge on any atom is -0.486 e. The van der Waals surface area contributed by atoms with Gasteiger partial charge in [-0.2, -0.15) is 0 Å². The van der Waals surface area contributed by atoms with Gasteiger partial charge in [-0.25, -0.2) is 4.39 Å². The van der Waals surface area contributed by atoms with Crippen LogP contribution in [0.2, 0.25) is 10.0 Å². The highest BCUT2D eigenvalue weighted by Gasteiger charge is 2.34. The highest BCUT2D eigenvalue weighted by Crippen LogP contribution is 2.38. The van der Waals surface area contributed by atoms with Crippen LogP contribution in [-0.4, -0.2) is 34.4 Å². The molecule has 2 aromatic carbocycles. The summed E-state index contributed by atoms with van der Waals surface area (Å²) < 4.78 is 25.6. The highest BCUT2D eigenvalue weighted by molar-refractivity contribution is 8.26. The van der Waals surface area contributed by atoms with E-state index >= 15 is 0 Å². The minimum absolute atomic E-state index is 0.00659. The standard InChI is InChI=1S/C22H18Cl2FNO3S2/c23-16-8-13(9-17(24)20(16)29-12-14-4-1-2-6-18(14)25)10-19-21(27)26(22(30)31-19)11-15-5-3-7-28-15/h1-2,4,6,8-10,15H,3,5,7,11-12H2/b19-10-/t15-/m1/s1. The number of hydrogen-bond donors (Lipinski definition) is 0. The molecule has 2 saturated heterocycles. The van der Waals surface area contributed by atoms with E-state index in [-0.39, 0.29) is 40.2 Å². The van der Waals surface area contributed by atoms with Crippen LogP contribution in [0.25, 0.3) is 6.08 Å². The molecule has 0 aliphatic carbocycles. The van der Waals surface area contributed by atoms with Gasteiger partial charge in [0.25, 0.3) is 5.91 Å². The Morgan fingerprint density at radius 2 is 2.03 bits per heavy atom. The van der Waals surface area contributed by atoms with Crippen LogP contribution in [0.3, 0.4) is 0 Å². The third-order valence-electron chi connectivity index (χ3n) is 4.93. The lowest BCUT2D eigenvalue weighted by atomic mass is 10.2. The molecule has 0 bridgehead atoms. The van der Waals surface area contributed by atoms with Crippen molar-refractivity contribution in [1.29, 1.82) is 0 Å². The zero-order valence-electron chi connectivity index (χ0n) is 16.3. The molecule has 0 unspecified atom stereocenters. The molecule has 2 fully saturated rings. The fraction of sp³-hybridized carbons (Fsp3) is 0.273. The van der Waals surface area contributed by atoms with E-state index in [0.717, 1.165) is 19.4 Å². The Morgan fingerprint density at radius 1 is 1.29 bits per heavy atom. The molecule has 2 aliphatic rings. The van der Waals surface area contributed by atoms with Crippen molar-refractivity contribution in [2.75, 3.05) is 13.2 Å². The molecule has 0 aromatic heterocycles. The molecule has 0 N–H and O–H groups in total. The number of benzene rings is 2. The van der Waals surface area contributed by atoms with Crippen LogP contribution in [0, 0.1) is 5.82 Å². The van der Waals surface area contributed by atoms with Gasteiger partial charge < -0.3 is 9.47 Å². The number of hydrogen-bond acceptors (Lipinski definition) is 5. The predicted molar refractivity (Wildman–Crippen MR) is 126 cm³/mol. The SMILES string of the molecule is O=C1/C(=C/c2cc(Cl)c(OCc3ccccc3F)c(Cl)c2)SC(=S)N1C[C@H]1CCCO1. The third kappa shape index (κ3) is 5.23. The van der Waals surface area contributed by atoms with Crippen LogP contribution < -0.4 is 4.74 Å². The summed E-state index contributed by atoms with van der Waals surface area (Å²) >= 11 is 19.3. The van der Waals surface area contributed by atoms with Crippen molar-refractivity contribution in [3.8, 4) is 5.75 Å². The van der Waals surface area contributed by atoms with Gasteiger partial charge in [0, 0.05) is 12.2 Å². The van der Waals surface area contributed by atoms with Crippen molar-refractivity contribution in [3.05, 3.63) is 68.3 Å². The Kier molecular flexibility index (Phi) is 7.19. The number of ether oxygens (including phenoxy) is 2. The maximum absolute atomic E-state index is 13.8. The topological polar surface area (TPSA) is 38.8 Å². The van der Waals surface area contributed by atoms with Gasteiger partial charge in [0.2, 0.25) is 0 Å². The van der Waals surface area contributed by atoms with E-state index in [1.165, 1.54) is 17.8 Å². The molecule has 4 rings (SSSR count). The predicted octanol–water partition coefficient (Wildman–Crippen LogP) is 6.09. The Balaban J connectivity index is 1.48. The van der Waals surface area contributed by atoms with Crippen molar-refractivity contribution in [2.24, 2.45) is 0 Å². The Bertz CT molecular complexity index is 1030. The van der Waals surface area contributed by atoms with Gasteiger partial charge in [-0.1, -0.05) is 65.4 Å². The molecule has 31 heavy (non-hydrogen) atoms. The second-order valence-corrected chi connectivity index (χ2v) is 9.61. The largest absolute Gasteiger partial charge is 0.486 e. The van der Waals surface area contributed by atoms with Gasteiger partial charge in [-0.15, -0.1) is 0 Å². The van der Waals surface area contributed by atoms with Crippen LogP contribution in [0.5, 0.6) is 5.75 Å². The molecule has 0 saturated carbocycles. The van der Waals surface area contributed by atoms with E-state index in [9.17, 15) is 9.18 Å². The molecule has 162 valence electrons. The van der Waals surface area contributed by atoms with E-state index in [4.69, 9.17) is 44.9 Å². The number of rotatable bonds is 6. The van der Waals surface area contributed by atoms with Crippen molar-refractivity contribution in [1.82, 2.24) is 4.90 Å².